The molecule has 1 atom stereocenters. The van der Waals surface area contributed by atoms with Gasteiger partial charge in [-0.3, -0.25) is 4.79 Å². The average molecular weight is 843 g/mol. The fourth-order valence-electron chi connectivity index (χ4n) is 5.50. The van der Waals surface area contributed by atoms with Crippen LogP contribution < -0.4 is 0 Å². The summed E-state index contributed by atoms with van der Waals surface area (Å²) >= 11 is 14.9. The van der Waals surface area contributed by atoms with Crippen LogP contribution in [0.2, 0.25) is 0 Å². The zero-order chi connectivity index (χ0) is 38.5. The van der Waals surface area contributed by atoms with E-state index in [2.05, 4.69) is 123 Å². The van der Waals surface area contributed by atoms with E-state index in [1.54, 1.807) is 0 Å². The van der Waals surface area contributed by atoms with E-state index in [1.165, 1.54) is 19.6 Å². The number of aliphatic hydroxyl groups excluding tert-OH is 1. The number of ketones is 1. The number of hydrogen-bond acceptors (Lipinski definition) is 10. The Labute approximate surface area is 345 Å². The smallest absolute Gasteiger partial charge is 0.182 e. The molecule has 0 fully saturated rings. The molecule has 2 nitrogen and oxygen atoms in total. The summed E-state index contributed by atoms with van der Waals surface area (Å²) in [5.74, 6) is 1.15. The Balaban J connectivity index is 2.53. The van der Waals surface area contributed by atoms with Gasteiger partial charge in [-0.15, -0.1) is 94.1 Å². The third-order valence-electron chi connectivity index (χ3n) is 7.01. The normalized spacial score (nSPS) is 15.5. The van der Waals surface area contributed by atoms with Crippen molar-refractivity contribution in [1.29, 1.82) is 0 Å². The molecular formula is C41H62O2S8. The quantitative estimate of drug-likeness (QED) is 0.138. The zero-order valence-corrected chi connectivity index (χ0v) is 40.2. The van der Waals surface area contributed by atoms with Crippen molar-refractivity contribution in [1.82, 2.24) is 0 Å². The summed E-state index contributed by atoms with van der Waals surface area (Å²) in [7, 11) is 0. The Morgan fingerprint density at radius 1 is 0.510 bits per heavy atom. The van der Waals surface area contributed by atoms with E-state index >= 15 is 4.79 Å². The lowest BCUT2D eigenvalue weighted by Gasteiger charge is -2.36. The van der Waals surface area contributed by atoms with Crippen LogP contribution in [0.4, 0.5) is 0 Å². The zero-order valence-electron chi connectivity index (χ0n) is 33.7. The third-order valence-corrected chi connectivity index (χ3v) is 16.7. The molecule has 0 heterocycles. The second kappa shape index (κ2) is 20.6. The summed E-state index contributed by atoms with van der Waals surface area (Å²) in [6.45, 7) is 35.8. The first-order chi connectivity index (χ1) is 23.7. The van der Waals surface area contributed by atoms with Gasteiger partial charge in [-0.05, 0) is 23.6 Å². The average Bonchev–Trinajstić information content (AvgIpc) is 2.97. The third kappa shape index (κ3) is 12.5. The summed E-state index contributed by atoms with van der Waals surface area (Å²) in [5.41, 5.74) is 2.51. The lowest BCUT2D eigenvalue weighted by molar-refractivity contribution is -0.116. The van der Waals surface area contributed by atoms with Gasteiger partial charge in [-0.1, -0.05) is 111 Å². The molecule has 0 amide bonds. The van der Waals surface area contributed by atoms with E-state index in [-0.39, 0.29) is 11.5 Å². The Kier molecular flexibility index (Phi) is 18.5. The van der Waals surface area contributed by atoms with Gasteiger partial charge in [0.2, 0.25) is 0 Å². The van der Waals surface area contributed by atoms with Crippen LogP contribution >= 0.6 is 94.1 Å². The van der Waals surface area contributed by atoms with Crippen molar-refractivity contribution in [2.75, 3.05) is 5.75 Å². The monoisotopic (exact) mass is 842 g/mol. The highest BCUT2D eigenvalue weighted by Crippen LogP contribution is 2.58. The maximum atomic E-state index is 15.2. The molecule has 1 unspecified atom stereocenters. The molecule has 0 bridgehead atoms. The van der Waals surface area contributed by atoms with Gasteiger partial charge in [0, 0.05) is 87.2 Å². The predicted molar refractivity (Wildman–Crippen MR) is 243 cm³/mol. The van der Waals surface area contributed by atoms with Gasteiger partial charge in [-0.25, -0.2) is 0 Å². The second-order valence-corrected chi connectivity index (χ2v) is 27.5. The molecule has 0 aliphatic heterocycles. The van der Waals surface area contributed by atoms with Crippen LogP contribution in [-0.4, -0.2) is 53.4 Å². The molecule has 10 heteroatoms. The Morgan fingerprint density at radius 3 is 1.20 bits per heavy atom. The fraction of sp³-hybridized carbons (Fsp3) is 0.634. The number of Topliss-reactive ketones (excluding diaryl/α,β-unsaturated/α-hetero) is 1. The minimum absolute atomic E-state index is 0.0543. The number of thioether (sulfide) groups is 8. The van der Waals surface area contributed by atoms with E-state index in [4.69, 9.17) is 0 Å². The fourth-order valence-corrected chi connectivity index (χ4v) is 14.6. The van der Waals surface area contributed by atoms with Crippen LogP contribution in [0.25, 0.3) is 5.57 Å². The number of carbonyl (C=O) groups is 1. The molecule has 0 spiro atoms. The number of benzene rings is 2. The molecule has 2 aromatic rings. The van der Waals surface area contributed by atoms with Gasteiger partial charge < -0.3 is 5.11 Å². The van der Waals surface area contributed by atoms with Crippen molar-refractivity contribution in [3.05, 3.63) is 29.0 Å². The minimum Gasteiger partial charge on any atom is -0.510 e. The number of hydrogen-bond donors (Lipinski definition) is 1. The predicted octanol–water partition coefficient (Wildman–Crippen LogP) is 15.6. The minimum atomic E-state index is -0.677. The van der Waals surface area contributed by atoms with E-state index in [9.17, 15) is 5.11 Å². The molecular weight excluding hydrogens is 781 g/mol. The van der Waals surface area contributed by atoms with Crippen LogP contribution in [-0.2, 0) is 4.79 Å². The maximum Gasteiger partial charge on any atom is 0.182 e. The molecule has 0 radical (unpaired) electrons. The number of rotatable bonds is 19. The molecule has 0 aromatic heterocycles. The molecule has 0 saturated heterocycles. The van der Waals surface area contributed by atoms with Gasteiger partial charge in [0.25, 0.3) is 0 Å². The second-order valence-electron chi connectivity index (χ2n) is 15.3. The largest absolute Gasteiger partial charge is 0.510 e. The molecule has 2 aromatic carbocycles. The highest BCUT2D eigenvalue weighted by molar-refractivity contribution is 8.04. The summed E-state index contributed by atoms with van der Waals surface area (Å²) in [5, 5.41) is 15.0. The molecule has 1 N–H and O–H groups in total. The SMILES string of the molecule is CC(C)CSc1cc(SC(C)C)c(SC(C)C)c(C2=C(O)C(c3c(SC(C)C)c(SC(C)C)cc(SC(C)C)c3SC(C)C)C2=O)c1SC(C)C. The van der Waals surface area contributed by atoms with Crippen LogP contribution in [0, 0.1) is 5.92 Å². The molecule has 0 saturated carbocycles. The van der Waals surface area contributed by atoms with Crippen LogP contribution in [0.15, 0.2) is 57.1 Å². The molecule has 3 rings (SSSR count). The first-order valence-electron chi connectivity index (χ1n) is 18.4. The highest BCUT2D eigenvalue weighted by Gasteiger charge is 2.47. The van der Waals surface area contributed by atoms with Crippen molar-refractivity contribution in [3.8, 4) is 0 Å². The van der Waals surface area contributed by atoms with Gasteiger partial charge in [0.15, 0.2) is 5.78 Å². The topological polar surface area (TPSA) is 37.3 Å². The van der Waals surface area contributed by atoms with E-state index in [0.29, 0.717) is 48.2 Å². The van der Waals surface area contributed by atoms with Crippen molar-refractivity contribution < 1.29 is 9.90 Å². The summed E-state index contributed by atoms with van der Waals surface area (Å²) in [6, 6.07) is 4.75. The van der Waals surface area contributed by atoms with Crippen molar-refractivity contribution in [2.24, 2.45) is 5.92 Å². The molecule has 1 aliphatic rings. The maximum absolute atomic E-state index is 15.2. The van der Waals surface area contributed by atoms with Crippen molar-refractivity contribution in [2.45, 2.75) is 193 Å². The summed E-state index contributed by atoms with van der Waals surface area (Å²) in [6.07, 6.45) is 0. The van der Waals surface area contributed by atoms with Crippen LogP contribution in [0.1, 0.15) is 128 Å². The van der Waals surface area contributed by atoms with Gasteiger partial charge in [0.1, 0.15) is 11.7 Å². The number of aliphatic hydroxyl groups is 1. The summed E-state index contributed by atoms with van der Waals surface area (Å²) in [4.78, 5) is 24.7. The van der Waals surface area contributed by atoms with E-state index in [0.717, 1.165) is 36.5 Å². The molecule has 51 heavy (non-hydrogen) atoms. The van der Waals surface area contributed by atoms with E-state index < -0.39 is 5.92 Å². The summed E-state index contributed by atoms with van der Waals surface area (Å²) < 4.78 is 0. The van der Waals surface area contributed by atoms with Crippen molar-refractivity contribution in [3.63, 3.8) is 0 Å². The van der Waals surface area contributed by atoms with Crippen LogP contribution in [0.5, 0.6) is 0 Å². The lowest BCUT2D eigenvalue weighted by Crippen LogP contribution is -2.31. The standard InChI is InChI=1S/C41H62O2S8/c1-20(2)19-44-28-17-29(45-21(3)4)39(49-25(11)12)34(38(28)48-24(9)10)32-36(42)33(37(32)43)35-40(50-26(13)14)30(46-22(5)6)18-31(47-23(7)8)41(35)51-27(15)16/h17-18,20-27,33,42H,19H2,1-16H3. The Bertz CT molecular complexity index is 1500. The lowest BCUT2D eigenvalue weighted by atomic mass is 9.75. The Hall–Kier alpha value is 0.450. The molecule has 1 aliphatic carbocycles. The van der Waals surface area contributed by atoms with Gasteiger partial charge in [0.05, 0.1) is 5.57 Å². The number of allylic oxidation sites excluding steroid dienone is 2. The first-order valence-corrected chi connectivity index (χ1v) is 25.6. The Morgan fingerprint density at radius 2 is 0.843 bits per heavy atom. The van der Waals surface area contributed by atoms with E-state index in [1.807, 2.05) is 94.1 Å². The van der Waals surface area contributed by atoms with Gasteiger partial charge in [-0.2, -0.15) is 0 Å². The van der Waals surface area contributed by atoms with Crippen LogP contribution in [0.3, 0.4) is 0 Å². The highest BCUT2D eigenvalue weighted by atomic mass is 32.2. The first kappa shape index (κ1) is 45.8. The molecule has 286 valence electrons. The van der Waals surface area contributed by atoms with Crippen molar-refractivity contribution >= 4 is 105 Å². The number of carbonyl (C=O) groups excluding carboxylic acids is 1. The van der Waals surface area contributed by atoms with Gasteiger partial charge >= 0.3 is 0 Å².